The fraction of sp³-hybridized carbons (Fsp3) is 0.424. The molecule has 2 aromatic carbocycles. The molecule has 2 aliphatic heterocycles. The maximum Gasteiger partial charge on any atom is 0.231 e. The van der Waals surface area contributed by atoms with Crippen molar-refractivity contribution in [1.82, 2.24) is 24.8 Å². The molecule has 0 radical (unpaired) electrons. The minimum absolute atomic E-state index is 0.352. The van der Waals surface area contributed by atoms with Crippen LogP contribution < -0.4 is 29.9 Å². The van der Waals surface area contributed by atoms with Crippen LogP contribution in [0.25, 0.3) is 11.0 Å². The Morgan fingerprint density at radius 3 is 2.64 bits per heavy atom. The number of aromatic amines is 1. The van der Waals surface area contributed by atoms with E-state index in [1.165, 1.54) is 0 Å². The van der Waals surface area contributed by atoms with Gasteiger partial charge in [-0.2, -0.15) is 15.2 Å². The molecule has 0 amide bonds. The van der Waals surface area contributed by atoms with Crippen LogP contribution in [0.1, 0.15) is 18.9 Å². The second-order valence-corrected chi connectivity index (χ2v) is 11.9. The number of fused-ring (bicyclic) bond motifs is 2. The molecule has 1 fully saturated rings. The maximum atomic E-state index is 9.79. The number of hydrogen-bond donors (Lipinski definition) is 3. The first kappa shape index (κ1) is 30.3. The van der Waals surface area contributed by atoms with Gasteiger partial charge in [0.1, 0.15) is 35.6 Å². The molecule has 6 rings (SSSR count). The summed E-state index contributed by atoms with van der Waals surface area (Å²) in [6.07, 6.45) is 2.73. The molecule has 236 valence electrons. The van der Waals surface area contributed by atoms with Gasteiger partial charge in [0, 0.05) is 71.2 Å². The molecule has 4 aromatic rings. The van der Waals surface area contributed by atoms with Crippen molar-refractivity contribution in [3.63, 3.8) is 0 Å². The zero-order chi connectivity index (χ0) is 31.5. The van der Waals surface area contributed by atoms with Crippen LogP contribution in [0.2, 0.25) is 0 Å². The molecule has 1 atom stereocenters. The number of nitrogens with zero attached hydrogens (tertiary/aromatic N) is 7. The maximum absolute atomic E-state index is 9.79. The third-order valence-corrected chi connectivity index (χ3v) is 8.76. The summed E-state index contributed by atoms with van der Waals surface area (Å²) in [7, 11) is 7.83. The average molecular weight is 611 g/mol. The lowest BCUT2D eigenvalue weighted by molar-refractivity contribution is 0.115. The molecule has 0 spiro atoms. The number of likely N-dealkylation sites (N-methyl/N-ethyl adjacent to an activating group) is 1. The Labute approximate surface area is 264 Å². The van der Waals surface area contributed by atoms with E-state index in [4.69, 9.17) is 19.4 Å². The molecule has 3 N–H and O–H groups in total. The van der Waals surface area contributed by atoms with Gasteiger partial charge in [-0.05, 0) is 32.5 Å². The van der Waals surface area contributed by atoms with Gasteiger partial charge < -0.3 is 39.8 Å². The van der Waals surface area contributed by atoms with Crippen molar-refractivity contribution in [3.05, 3.63) is 48.2 Å². The smallest absolute Gasteiger partial charge is 0.231 e. The summed E-state index contributed by atoms with van der Waals surface area (Å²) in [5.74, 6) is 2.33. The number of para-hydroxylation sites is 2. The van der Waals surface area contributed by atoms with Gasteiger partial charge in [-0.3, -0.25) is 4.90 Å². The summed E-state index contributed by atoms with van der Waals surface area (Å²) >= 11 is 0. The molecule has 1 saturated heterocycles. The summed E-state index contributed by atoms with van der Waals surface area (Å²) in [5.41, 5.74) is 4.57. The summed E-state index contributed by atoms with van der Waals surface area (Å²) < 4.78 is 12.0. The van der Waals surface area contributed by atoms with Gasteiger partial charge >= 0.3 is 0 Å². The topological polar surface area (TPSA) is 121 Å². The second-order valence-electron chi connectivity index (χ2n) is 11.9. The number of ether oxygens (including phenoxy) is 2. The fourth-order valence-corrected chi connectivity index (χ4v) is 6.07. The van der Waals surface area contributed by atoms with Crippen molar-refractivity contribution in [2.45, 2.75) is 19.4 Å². The van der Waals surface area contributed by atoms with E-state index < -0.39 is 0 Å². The third kappa shape index (κ3) is 6.41. The van der Waals surface area contributed by atoms with Gasteiger partial charge in [0.15, 0.2) is 0 Å². The van der Waals surface area contributed by atoms with E-state index in [2.05, 4.69) is 50.4 Å². The van der Waals surface area contributed by atoms with Gasteiger partial charge in [-0.25, -0.2) is 0 Å². The lowest BCUT2D eigenvalue weighted by Crippen LogP contribution is -2.49. The van der Waals surface area contributed by atoms with Gasteiger partial charge in [0.2, 0.25) is 5.95 Å². The van der Waals surface area contributed by atoms with Crippen molar-refractivity contribution in [2.75, 3.05) is 94.6 Å². The standard InChI is InChI=1S/C33H42N10O2/c1-22(42-14-12-41(4)13-15-42)10-11-43-16-17-45-29-18-25(28(44-5)19-27(29)43)37-33-38-31-30(23(20-34)21-35-31)32(39-33)36-24-8-6-7-9-26(24)40(2)3/h6-9,18-19,21-22H,10-17H2,1-5H3,(H3,35,36,37,38,39). The minimum atomic E-state index is 0.352. The summed E-state index contributed by atoms with van der Waals surface area (Å²) in [6, 6.07) is 14.7. The predicted octanol–water partition coefficient (Wildman–Crippen LogP) is 4.62. The van der Waals surface area contributed by atoms with Gasteiger partial charge in [-0.1, -0.05) is 12.1 Å². The Hall–Kier alpha value is -4.73. The summed E-state index contributed by atoms with van der Waals surface area (Å²) in [6.45, 7) is 9.21. The molecule has 12 heteroatoms. The largest absolute Gasteiger partial charge is 0.494 e. The predicted molar refractivity (Wildman–Crippen MR) is 180 cm³/mol. The molecule has 0 saturated carbocycles. The second kappa shape index (κ2) is 13.1. The molecule has 2 aromatic heterocycles. The highest BCUT2D eigenvalue weighted by atomic mass is 16.5. The van der Waals surface area contributed by atoms with Crippen LogP contribution in [0, 0.1) is 11.3 Å². The van der Waals surface area contributed by atoms with Crippen LogP contribution in [0.4, 0.5) is 34.5 Å². The number of rotatable bonds is 10. The lowest BCUT2D eigenvalue weighted by Gasteiger charge is -2.38. The SMILES string of the molecule is COc1cc2c(cc1Nc1nc(Nc3ccccc3N(C)C)c3c(C#N)c[nH]c3n1)OCCN2CCC(C)N1CCN(C)CC1. The van der Waals surface area contributed by atoms with Crippen LogP contribution in [0.3, 0.4) is 0 Å². The van der Waals surface area contributed by atoms with Gasteiger partial charge in [-0.15, -0.1) is 0 Å². The van der Waals surface area contributed by atoms with Crippen molar-refractivity contribution in [2.24, 2.45) is 0 Å². The van der Waals surface area contributed by atoms with Gasteiger partial charge in [0.25, 0.3) is 0 Å². The Morgan fingerprint density at radius 1 is 1.09 bits per heavy atom. The zero-order valence-electron chi connectivity index (χ0n) is 26.7. The molecule has 0 bridgehead atoms. The number of aromatic nitrogens is 3. The first-order valence-electron chi connectivity index (χ1n) is 15.5. The third-order valence-electron chi connectivity index (χ3n) is 8.76. The number of H-pyrrole nitrogens is 1. The number of piperazine rings is 1. The number of hydrogen-bond acceptors (Lipinski definition) is 11. The number of nitrogens with one attached hydrogen (secondary N) is 3. The summed E-state index contributed by atoms with van der Waals surface area (Å²) in [5, 5.41) is 17.2. The molecular weight excluding hydrogens is 568 g/mol. The highest BCUT2D eigenvalue weighted by Gasteiger charge is 2.25. The summed E-state index contributed by atoms with van der Waals surface area (Å²) in [4.78, 5) is 22.1. The number of anilines is 6. The van der Waals surface area contributed by atoms with Crippen LogP contribution in [-0.4, -0.2) is 105 Å². The molecule has 1 unspecified atom stereocenters. The average Bonchev–Trinajstić information content (AvgIpc) is 3.47. The Kier molecular flexibility index (Phi) is 8.82. The monoisotopic (exact) mass is 610 g/mol. The normalized spacial score (nSPS) is 16.0. The van der Waals surface area contributed by atoms with E-state index in [9.17, 15) is 5.26 Å². The van der Waals surface area contributed by atoms with E-state index in [-0.39, 0.29) is 0 Å². The lowest BCUT2D eigenvalue weighted by atomic mass is 10.1. The van der Waals surface area contributed by atoms with E-state index in [0.29, 0.717) is 52.4 Å². The van der Waals surface area contributed by atoms with Crippen LogP contribution in [0.5, 0.6) is 11.5 Å². The molecule has 12 nitrogen and oxygen atoms in total. The van der Waals surface area contributed by atoms with E-state index in [1.54, 1.807) is 13.3 Å². The Balaban J connectivity index is 1.26. The van der Waals surface area contributed by atoms with Crippen LogP contribution >= 0.6 is 0 Å². The number of methoxy groups -OCH3 is 1. The first-order valence-corrected chi connectivity index (χ1v) is 15.5. The Bertz CT molecular complexity index is 1690. The van der Waals surface area contributed by atoms with Crippen LogP contribution in [0.15, 0.2) is 42.6 Å². The highest BCUT2D eigenvalue weighted by molar-refractivity contribution is 5.96. The van der Waals surface area contributed by atoms with Crippen LogP contribution in [-0.2, 0) is 0 Å². The quantitative estimate of drug-likeness (QED) is 0.233. The van der Waals surface area contributed by atoms with Crippen molar-refractivity contribution in [1.29, 1.82) is 5.26 Å². The number of benzene rings is 2. The highest BCUT2D eigenvalue weighted by Crippen LogP contribution is 2.42. The van der Waals surface area contributed by atoms with Crippen molar-refractivity contribution < 1.29 is 9.47 Å². The van der Waals surface area contributed by atoms with Crippen molar-refractivity contribution >= 4 is 45.5 Å². The molecule has 2 aliphatic rings. The molecular formula is C33H42N10O2. The first-order chi connectivity index (χ1) is 21.8. The molecule has 4 heterocycles. The fourth-order valence-electron chi connectivity index (χ4n) is 6.07. The van der Waals surface area contributed by atoms with E-state index in [1.807, 2.05) is 55.4 Å². The van der Waals surface area contributed by atoms with E-state index >= 15 is 0 Å². The molecule has 45 heavy (non-hydrogen) atoms. The Morgan fingerprint density at radius 2 is 1.89 bits per heavy atom. The van der Waals surface area contributed by atoms with Gasteiger partial charge in [0.05, 0.1) is 47.4 Å². The number of nitriles is 1. The van der Waals surface area contributed by atoms with E-state index in [0.717, 1.165) is 68.5 Å². The molecule has 0 aliphatic carbocycles. The minimum Gasteiger partial charge on any atom is -0.494 e. The van der Waals surface area contributed by atoms with Crippen molar-refractivity contribution in [3.8, 4) is 17.6 Å². The zero-order valence-corrected chi connectivity index (χ0v) is 26.7.